The Bertz CT molecular complexity index is 514. The van der Waals surface area contributed by atoms with Crippen LogP contribution in [0.2, 0.25) is 25.7 Å². The fourth-order valence-electron chi connectivity index (χ4n) is 1.48. The number of hydrogen-bond donors (Lipinski definition) is 0. The summed E-state index contributed by atoms with van der Waals surface area (Å²) in [4.78, 5) is 11.5. The minimum absolute atomic E-state index is 0.144. The Labute approximate surface area is 128 Å². The molecule has 0 aliphatic carbocycles. The molecule has 0 amide bonds. The second kappa shape index (κ2) is 6.63. The summed E-state index contributed by atoms with van der Waals surface area (Å²) in [6.45, 7) is 9.16. The van der Waals surface area contributed by atoms with Crippen molar-refractivity contribution in [1.82, 2.24) is 9.78 Å². The molecule has 1 aromatic heterocycles. The first-order chi connectivity index (χ1) is 8.76. The first-order valence-electron chi connectivity index (χ1n) is 6.01. The van der Waals surface area contributed by atoms with Gasteiger partial charge in [0.1, 0.15) is 16.5 Å². The monoisotopic (exact) mass is 391 g/mol. The maximum atomic E-state index is 11.5. The highest BCUT2D eigenvalue weighted by Crippen LogP contribution is 2.17. The van der Waals surface area contributed by atoms with E-state index in [-0.39, 0.29) is 18.2 Å². The zero-order chi connectivity index (χ0) is 14.6. The van der Waals surface area contributed by atoms with E-state index in [1.54, 1.807) is 0 Å². The summed E-state index contributed by atoms with van der Waals surface area (Å²) in [5.74, 6) is -0.144. The van der Waals surface area contributed by atoms with Crippen molar-refractivity contribution >= 4 is 36.4 Å². The molecule has 1 rings (SSSR count). The molecule has 5 nitrogen and oxygen atoms in total. The van der Waals surface area contributed by atoms with E-state index in [1.165, 1.54) is 11.6 Å². The molecule has 0 spiro atoms. The van der Waals surface area contributed by atoms with E-state index in [9.17, 15) is 4.79 Å². The molecule has 0 radical (unpaired) electrons. The summed E-state index contributed by atoms with van der Waals surface area (Å²) < 4.78 is 7.57. The van der Waals surface area contributed by atoms with Crippen molar-refractivity contribution in [2.75, 3.05) is 6.61 Å². The molecule has 1 heterocycles. The van der Waals surface area contributed by atoms with Gasteiger partial charge in [-0.25, -0.2) is 4.68 Å². The lowest BCUT2D eigenvalue weighted by molar-refractivity contribution is 0.0776. The number of ketones is 1. The van der Waals surface area contributed by atoms with E-state index in [4.69, 9.17) is 10.00 Å². The third kappa shape index (κ3) is 4.70. The minimum atomic E-state index is -1.12. The Morgan fingerprint density at radius 1 is 1.53 bits per heavy atom. The average molecular weight is 391 g/mol. The number of rotatable bonds is 6. The Hall–Kier alpha value is -0.723. The zero-order valence-corrected chi connectivity index (χ0v) is 14.8. The van der Waals surface area contributed by atoms with E-state index in [0.29, 0.717) is 15.9 Å². The van der Waals surface area contributed by atoms with Crippen molar-refractivity contribution in [3.05, 3.63) is 15.0 Å². The Morgan fingerprint density at radius 2 is 2.16 bits per heavy atom. The first-order valence-corrected chi connectivity index (χ1v) is 10.8. The second-order valence-electron chi connectivity index (χ2n) is 5.53. The SMILES string of the molecule is CC(=O)c1c(I)nn(COCC[Si](C)(C)C)c1C#N. The van der Waals surface area contributed by atoms with E-state index in [0.717, 1.165) is 6.04 Å². The van der Waals surface area contributed by atoms with Crippen molar-refractivity contribution < 1.29 is 9.53 Å². The first kappa shape index (κ1) is 16.3. The van der Waals surface area contributed by atoms with Crippen LogP contribution < -0.4 is 0 Å². The van der Waals surface area contributed by atoms with Gasteiger partial charge in [-0.05, 0) is 35.6 Å². The van der Waals surface area contributed by atoms with Gasteiger partial charge in [0.15, 0.2) is 11.5 Å². The van der Waals surface area contributed by atoms with Gasteiger partial charge < -0.3 is 4.74 Å². The number of carbonyl (C=O) groups is 1. The van der Waals surface area contributed by atoms with Gasteiger partial charge in [-0.15, -0.1) is 0 Å². The van der Waals surface area contributed by atoms with Crippen molar-refractivity contribution in [3.8, 4) is 6.07 Å². The maximum Gasteiger partial charge on any atom is 0.165 e. The van der Waals surface area contributed by atoms with Gasteiger partial charge in [0.05, 0.1) is 5.56 Å². The number of aromatic nitrogens is 2. The zero-order valence-electron chi connectivity index (χ0n) is 11.7. The highest BCUT2D eigenvalue weighted by Gasteiger charge is 2.19. The second-order valence-corrected chi connectivity index (χ2v) is 12.2. The molecule has 1 aromatic rings. The van der Waals surface area contributed by atoms with Crippen LogP contribution in [0.5, 0.6) is 0 Å². The average Bonchev–Trinajstić information content (AvgIpc) is 2.59. The predicted molar refractivity (Wildman–Crippen MR) is 83.8 cm³/mol. The summed E-state index contributed by atoms with van der Waals surface area (Å²) in [5.41, 5.74) is 0.668. The molecular weight excluding hydrogens is 373 g/mol. The van der Waals surface area contributed by atoms with Crippen LogP contribution in [0.15, 0.2) is 0 Å². The van der Waals surface area contributed by atoms with E-state index >= 15 is 0 Å². The number of carbonyl (C=O) groups excluding carboxylic acids is 1. The summed E-state index contributed by atoms with van der Waals surface area (Å²) in [6.07, 6.45) is 0. The number of hydrogen-bond acceptors (Lipinski definition) is 4. The summed E-state index contributed by atoms with van der Waals surface area (Å²) in [7, 11) is -1.12. The molecule has 0 atom stereocenters. The summed E-state index contributed by atoms with van der Waals surface area (Å²) in [5, 5.41) is 13.3. The standard InChI is InChI=1S/C12H18IN3O2Si/c1-9(17)11-10(7-14)16(15-12(11)13)8-18-5-6-19(2,3)4/h5-6,8H2,1-4H3. The Balaban J connectivity index is 2.73. The molecule has 0 fully saturated rings. The highest BCUT2D eigenvalue weighted by atomic mass is 127. The third-order valence-corrected chi connectivity index (χ3v) is 5.04. The molecule has 19 heavy (non-hydrogen) atoms. The number of Topliss-reactive ketones (excluding diaryl/α,β-unsaturated/α-hetero) is 1. The van der Waals surface area contributed by atoms with Gasteiger partial charge in [-0.2, -0.15) is 10.4 Å². The molecule has 7 heteroatoms. The van der Waals surface area contributed by atoms with E-state index in [2.05, 4.69) is 24.7 Å². The molecule has 0 unspecified atom stereocenters. The fraction of sp³-hybridized carbons (Fsp3) is 0.583. The normalized spacial score (nSPS) is 11.4. The lowest BCUT2D eigenvalue weighted by atomic mass is 10.2. The quantitative estimate of drug-likeness (QED) is 0.324. The molecular formula is C12H18IN3O2Si. The van der Waals surface area contributed by atoms with Crippen molar-refractivity contribution in [1.29, 1.82) is 5.26 Å². The fourth-order valence-corrected chi connectivity index (χ4v) is 3.13. The Kier molecular flexibility index (Phi) is 5.70. The van der Waals surface area contributed by atoms with Gasteiger partial charge >= 0.3 is 0 Å². The molecule has 0 N–H and O–H groups in total. The molecule has 104 valence electrons. The Morgan fingerprint density at radius 3 is 2.63 bits per heavy atom. The molecule has 0 aliphatic rings. The van der Waals surface area contributed by atoms with Crippen LogP contribution in [0.3, 0.4) is 0 Å². The third-order valence-electron chi connectivity index (χ3n) is 2.58. The molecule has 0 saturated carbocycles. The molecule has 0 aromatic carbocycles. The van der Waals surface area contributed by atoms with E-state index < -0.39 is 8.07 Å². The number of halogens is 1. The van der Waals surface area contributed by atoms with Crippen molar-refractivity contribution in [3.63, 3.8) is 0 Å². The van der Waals surface area contributed by atoms with Gasteiger partial charge in [-0.1, -0.05) is 19.6 Å². The number of nitriles is 1. The van der Waals surface area contributed by atoms with Crippen LogP contribution >= 0.6 is 22.6 Å². The topological polar surface area (TPSA) is 67.9 Å². The molecule has 0 aliphatic heterocycles. The lowest BCUT2D eigenvalue weighted by Gasteiger charge is -2.15. The van der Waals surface area contributed by atoms with Crippen molar-refractivity contribution in [2.45, 2.75) is 39.3 Å². The maximum absolute atomic E-state index is 11.5. The van der Waals surface area contributed by atoms with Crippen LogP contribution in [0.1, 0.15) is 23.0 Å². The van der Waals surface area contributed by atoms with Crippen LogP contribution in [0, 0.1) is 15.0 Å². The van der Waals surface area contributed by atoms with Gasteiger partial charge in [0.25, 0.3) is 0 Å². The molecule has 0 saturated heterocycles. The smallest absolute Gasteiger partial charge is 0.165 e. The summed E-state index contributed by atoms with van der Waals surface area (Å²) >= 11 is 1.97. The van der Waals surface area contributed by atoms with Crippen LogP contribution in [0.25, 0.3) is 0 Å². The van der Waals surface area contributed by atoms with Crippen LogP contribution in [0.4, 0.5) is 0 Å². The summed E-state index contributed by atoms with van der Waals surface area (Å²) in [6, 6.07) is 3.09. The predicted octanol–water partition coefficient (Wildman–Crippen LogP) is 2.87. The molecule has 0 bridgehead atoms. The lowest BCUT2D eigenvalue weighted by Crippen LogP contribution is -2.22. The van der Waals surface area contributed by atoms with Crippen molar-refractivity contribution in [2.24, 2.45) is 0 Å². The number of ether oxygens (including phenoxy) is 1. The van der Waals surface area contributed by atoms with E-state index in [1.807, 2.05) is 28.7 Å². The van der Waals surface area contributed by atoms with Crippen LogP contribution in [-0.2, 0) is 11.5 Å². The van der Waals surface area contributed by atoms with Gasteiger partial charge in [-0.3, -0.25) is 4.79 Å². The van der Waals surface area contributed by atoms with Gasteiger partial charge in [0.2, 0.25) is 0 Å². The number of nitrogens with zero attached hydrogens (tertiary/aromatic N) is 3. The van der Waals surface area contributed by atoms with Gasteiger partial charge in [0, 0.05) is 14.7 Å². The highest BCUT2D eigenvalue weighted by molar-refractivity contribution is 14.1. The minimum Gasteiger partial charge on any atom is -0.359 e. The largest absolute Gasteiger partial charge is 0.359 e. The van der Waals surface area contributed by atoms with Crippen LogP contribution in [-0.4, -0.2) is 30.2 Å².